The second-order valence-corrected chi connectivity index (χ2v) is 5.32. The van der Waals surface area contributed by atoms with E-state index in [1.54, 1.807) is 4.68 Å². The smallest absolute Gasteiger partial charge is 0.303 e. The van der Waals surface area contributed by atoms with Crippen molar-refractivity contribution in [2.45, 2.75) is 32.1 Å². The molecule has 0 saturated carbocycles. The Kier molecular flexibility index (Phi) is 5.52. The summed E-state index contributed by atoms with van der Waals surface area (Å²) in [6.07, 6.45) is 2.70. The molecule has 1 aromatic heterocycles. The number of fused-ring (bicyclic) bond motifs is 1. The highest BCUT2D eigenvalue weighted by Gasteiger charge is 2.11. The zero-order valence-corrected chi connectivity index (χ0v) is 12.7. The Morgan fingerprint density at radius 3 is 2.77 bits per heavy atom. The number of para-hydroxylation sites is 1. The van der Waals surface area contributed by atoms with Crippen LogP contribution in [0.3, 0.4) is 0 Å². The molecule has 2 aromatic rings. The van der Waals surface area contributed by atoms with Gasteiger partial charge in [0, 0.05) is 25.4 Å². The number of benzene rings is 1. The van der Waals surface area contributed by atoms with Crippen molar-refractivity contribution < 1.29 is 14.7 Å². The van der Waals surface area contributed by atoms with E-state index in [2.05, 4.69) is 10.4 Å². The number of amides is 1. The number of carbonyl (C=O) groups excluding carboxylic acids is 1. The third kappa shape index (κ3) is 4.31. The van der Waals surface area contributed by atoms with Gasteiger partial charge < -0.3 is 10.4 Å². The fourth-order valence-electron chi connectivity index (χ4n) is 2.44. The summed E-state index contributed by atoms with van der Waals surface area (Å²) in [5, 5.41) is 16.8. The Morgan fingerprint density at radius 1 is 1.23 bits per heavy atom. The molecule has 0 aliphatic rings. The van der Waals surface area contributed by atoms with Gasteiger partial charge in [-0.2, -0.15) is 5.10 Å². The summed E-state index contributed by atoms with van der Waals surface area (Å²) in [5.41, 5.74) is 1.79. The third-order valence-corrected chi connectivity index (χ3v) is 3.55. The summed E-state index contributed by atoms with van der Waals surface area (Å²) >= 11 is 0. The molecule has 0 fully saturated rings. The summed E-state index contributed by atoms with van der Waals surface area (Å²) in [7, 11) is 1.87. The molecule has 1 amide bonds. The van der Waals surface area contributed by atoms with Gasteiger partial charge in [0.05, 0.1) is 17.6 Å². The number of hydrogen-bond donors (Lipinski definition) is 2. The van der Waals surface area contributed by atoms with Gasteiger partial charge in [-0.1, -0.05) is 24.6 Å². The Morgan fingerprint density at radius 2 is 2.00 bits per heavy atom. The molecule has 22 heavy (non-hydrogen) atoms. The third-order valence-electron chi connectivity index (χ3n) is 3.55. The molecule has 0 spiro atoms. The molecule has 0 atom stereocenters. The van der Waals surface area contributed by atoms with E-state index in [-0.39, 0.29) is 18.7 Å². The van der Waals surface area contributed by atoms with E-state index in [9.17, 15) is 9.59 Å². The Bertz CT molecular complexity index is 664. The second-order valence-electron chi connectivity index (χ2n) is 5.32. The van der Waals surface area contributed by atoms with Crippen LogP contribution in [0.25, 0.3) is 10.9 Å². The molecule has 0 saturated heterocycles. The summed E-state index contributed by atoms with van der Waals surface area (Å²) < 4.78 is 1.78. The first-order valence-electron chi connectivity index (χ1n) is 7.47. The van der Waals surface area contributed by atoms with Gasteiger partial charge in [-0.25, -0.2) is 0 Å². The lowest BCUT2D eigenvalue weighted by Crippen LogP contribution is -2.26. The molecule has 0 aliphatic heterocycles. The topological polar surface area (TPSA) is 84.2 Å². The average molecular weight is 303 g/mol. The average Bonchev–Trinajstić information content (AvgIpc) is 2.79. The lowest BCUT2D eigenvalue weighted by atomic mass is 10.1. The number of nitrogens with one attached hydrogen (secondary N) is 1. The molecule has 1 heterocycles. The van der Waals surface area contributed by atoms with Crippen LogP contribution in [0.1, 0.15) is 31.4 Å². The van der Waals surface area contributed by atoms with Crippen molar-refractivity contribution >= 4 is 22.8 Å². The fraction of sp³-hybridized carbons (Fsp3) is 0.438. The van der Waals surface area contributed by atoms with Crippen LogP contribution in [-0.2, 0) is 23.1 Å². The maximum Gasteiger partial charge on any atom is 0.303 e. The Balaban J connectivity index is 1.78. The highest BCUT2D eigenvalue weighted by molar-refractivity contribution is 5.87. The number of unbranched alkanes of at least 4 members (excludes halogenated alkanes) is 2. The number of aryl methyl sites for hydroxylation is 1. The van der Waals surface area contributed by atoms with Crippen molar-refractivity contribution in [3.63, 3.8) is 0 Å². The maximum absolute atomic E-state index is 12.0. The quantitative estimate of drug-likeness (QED) is 0.729. The Hall–Kier alpha value is -2.37. The predicted octanol–water partition coefficient (Wildman–Crippen LogP) is 1.88. The summed E-state index contributed by atoms with van der Waals surface area (Å²) in [4.78, 5) is 22.3. The minimum Gasteiger partial charge on any atom is -0.481 e. The number of nitrogens with zero attached hydrogens (tertiary/aromatic N) is 2. The zero-order valence-electron chi connectivity index (χ0n) is 12.7. The van der Waals surface area contributed by atoms with Gasteiger partial charge in [0.25, 0.3) is 0 Å². The van der Waals surface area contributed by atoms with Gasteiger partial charge in [0.15, 0.2) is 0 Å². The molecule has 2 rings (SSSR count). The summed E-state index contributed by atoms with van der Waals surface area (Å²) in [5.74, 6) is -0.826. The van der Waals surface area contributed by atoms with Crippen molar-refractivity contribution in [1.82, 2.24) is 15.1 Å². The van der Waals surface area contributed by atoms with Gasteiger partial charge >= 0.3 is 5.97 Å². The van der Waals surface area contributed by atoms with E-state index >= 15 is 0 Å². The molecule has 1 aromatic carbocycles. The standard InChI is InChI=1S/C16H21N3O3/c1-19-14-8-5-4-7-12(14)13(18-19)11-15(20)17-10-6-2-3-9-16(21)22/h4-5,7-8H,2-3,6,9-11H2,1H3,(H,17,20)(H,21,22). The minimum atomic E-state index is -0.772. The zero-order chi connectivity index (χ0) is 15.9. The van der Waals surface area contributed by atoms with E-state index in [0.717, 1.165) is 29.4 Å². The summed E-state index contributed by atoms with van der Waals surface area (Å²) in [6.45, 7) is 0.573. The number of aromatic nitrogens is 2. The van der Waals surface area contributed by atoms with Crippen LogP contribution < -0.4 is 5.32 Å². The number of aliphatic carboxylic acids is 1. The lowest BCUT2D eigenvalue weighted by molar-refractivity contribution is -0.137. The molecule has 118 valence electrons. The van der Waals surface area contributed by atoms with Crippen LogP contribution in [0.5, 0.6) is 0 Å². The van der Waals surface area contributed by atoms with E-state index in [4.69, 9.17) is 5.11 Å². The maximum atomic E-state index is 12.0. The molecule has 0 aliphatic carbocycles. The van der Waals surface area contributed by atoms with Crippen LogP contribution >= 0.6 is 0 Å². The first-order valence-corrected chi connectivity index (χ1v) is 7.47. The molecular formula is C16H21N3O3. The number of rotatable bonds is 8. The molecule has 2 N–H and O–H groups in total. The molecule has 6 heteroatoms. The monoisotopic (exact) mass is 303 g/mol. The lowest BCUT2D eigenvalue weighted by Gasteiger charge is -2.04. The summed E-state index contributed by atoms with van der Waals surface area (Å²) in [6, 6.07) is 7.84. The van der Waals surface area contributed by atoms with Gasteiger partial charge in [-0.05, 0) is 18.9 Å². The highest BCUT2D eigenvalue weighted by Crippen LogP contribution is 2.17. The second kappa shape index (κ2) is 7.59. The van der Waals surface area contributed by atoms with Crippen LogP contribution in [-0.4, -0.2) is 33.3 Å². The van der Waals surface area contributed by atoms with Crippen LogP contribution in [0.2, 0.25) is 0 Å². The number of carboxylic acid groups (broad SMARTS) is 1. The van der Waals surface area contributed by atoms with E-state index in [1.165, 1.54) is 0 Å². The SMILES string of the molecule is Cn1nc(CC(=O)NCCCCCC(=O)O)c2ccccc21. The fourth-order valence-corrected chi connectivity index (χ4v) is 2.44. The molecular weight excluding hydrogens is 282 g/mol. The Labute approximate surface area is 129 Å². The van der Waals surface area contributed by atoms with Crippen LogP contribution in [0.4, 0.5) is 0 Å². The molecule has 0 bridgehead atoms. The van der Waals surface area contributed by atoms with Crippen molar-refractivity contribution in [2.24, 2.45) is 7.05 Å². The number of carbonyl (C=O) groups is 2. The first kappa shape index (κ1) is 16.0. The van der Waals surface area contributed by atoms with Crippen molar-refractivity contribution in [3.8, 4) is 0 Å². The highest BCUT2D eigenvalue weighted by atomic mass is 16.4. The minimum absolute atomic E-state index is 0.0536. The van der Waals surface area contributed by atoms with Gasteiger partial charge in [0.1, 0.15) is 0 Å². The van der Waals surface area contributed by atoms with Crippen LogP contribution in [0.15, 0.2) is 24.3 Å². The predicted molar refractivity (Wildman–Crippen MR) is 83.5 cm³/mol. The van der Waals surface area contributed by atoms with Crippen molar-refractivity contribution in [3.05, 3.63) is 30.0 Å². The number of hydrogen-bond acceptors (Lipinski definition) is 3. The van der Waals surface area contributed by atoms with E-state index < -0.39 is 5.97 Å². The van der Waals surface area contributed by atoms with E-state index in [1.807, 2.05) is 31.3 Å². The molecule has 0 unspecified atom stereocenters. The van der Waals surface area contributed by atoms with Gasteiger partial charge in [0.2, 0.25) is 5.91 Å². The molecule has 6 nitrogen and oxygen atoms in total. The normalized spacial score (nSPS) is 10.8. The van der Waals surface area contributed by atoms with Crippen molar-refractivity contribution in [2.75, 3.05) is 6.54 Å². The first-order chi connectivity index (χ1) is 10.6. The largest absolute Gasteiger partial charge is 0.481 e. The number of carboxylic acids is 1. The van der Waals surface area contributed by atoms with E-state index in [0.29, 0.717) is 13.0 Å². The van der Waals surface area contributed by atoms with Crippen LogP contribution in [0, 0.1) is 0 Å². The molecule has 0 radical (unpaired) electrons. The van der Waals surface area contributed by atoms with Gasteiger partial charge in [-0.3, -0.25) is 14.3 Å². The van der Waals surface area contributed by atoms with Gasteiger partial charge in [-0.15, -0.1) is 0 Å². The van der Waals surface area contributed by atoms with Crippen molar-refractivity contribution in [1.29, 1.82) is 0 Å².